The molecule has 0 radical (unpaired) electrons. The van der Waals surface area contributed by atoms with Gasteiger partial charge in [0.05, 0.1) is 11.1 Å². The van der Waals surface area contributed by atoms with E-state index in [1.807, 2.05) is 13.8 Å². The molecule has 1 N–H and O–H groups in total. The molecule has 0 aliphatic carbocycles. The first-order valence-electron chi connectivity index (χ1n) is 7.08. The molecule has 24 heavy (non-hydrogen) atoms. The minimum absolute atomic E-state index is 0.00440. The lowest BCUT2D eigenvalue weighted by atomic mass is 10.1. The van der Waals surface area contributed by atoms with Crippen LogP contribution in [0.1, 0.15) is 31.4 Å². The predicted octanol–water partition coefficient (Wildman–Crippen LogP) is 4.27. The van der Waals surface area contributed by atoms with E-state index in [0.717, 1.165) is 0 Å². The molecule has 1 aromatic rings. The average molecular weight is 357 g/mol. The molecule has 0 aliphatic rings. The van der Waals surface area contributed by atoms with Crippen molar-refractivity contribution in [3.63, 3.8) is 0 Å². The fourth-order valence-corrected chi connectivity index (χ4v) is 1.71. The van der Waals surface area contributed by atoms with Crippen LogP contribution in [0.25, 0.3) is 0 Å². The molecular weight excluding hydrogens is 340 g/mol. The third-order valence-corrected chi connectivity index (χ3v) is 2.97. The molecule has 0 bridgehead atoms. The van der Waals surface area contributed by atoms with Crippen LogP contribution >= 0.6 is 0 Å². The van der Waals surface area contributed by atoms with Gasteiger partial charge in [-0.2, -0.15) is 26.3 Å². The summed E-state index contributed by atoms with van der Waals surface area (Å²) in [6.45, 7) is 3.54. The minimum atomic E-state index is -4.96. The van der Waals surface area contributed by atoms with Crippen molar-refractivity contribution in [1.82, 2.24) is 5.32 Å². The number of amides is 1. The number of ether oxygens (including phenoxy) is 1. The van der Waals surface area contributed by atoms with Crippen LogP contribution in [0.15, 0.2) is 18.2 Å². The number of nitrogens with one attached hydrogen (secondary N) is 1. The first-order valence-corrected chi connectivity index (χ1v) is 7.08. The number of carbonyl (C=O) groups is 1. The number of halogens is 6. The van der Waals surface area contributed by atoms with E-state index >= 15 is 0 Å². The zero-order valence-electron chi connectivity index (χ0n) is 13.0. The van der Waals surface area contributed by atoms with E-state index in [4.69, 9.17) is 4.74 Å². The van der Waals surface area contributed by atoms with Gasteiger partial charge in [0.1, 0.15) is 5.75 Å². The number of hydrogen-bond acceptors (Lipinski definition) is 2. The summed E-state index contributed by atoms with van der Waals surface area (Å²) in [5, 5.41) is 2.47. The molecule has 0 spiro atoms. The second-order valence-corrected chi connectivity index (χ2v) is 5.56. The van der Waals surface area contributed by atoms with Gasteiger partial charge in [-0.3, -0.25) is 4.79 Å². The summed E-state index contributed by atoms with van der Waals surface area (Å²) in [5.41, 5.74) is -2.99. The normalized spacial score (nSPS) is 12.4. The van der Waals surface area contributed by atoms with E-state index in [-0.39, 0.29) is 6.07 Å². The SMILES string of the molecule is CC(C)CCNC(=O)COc1cc(C(F)(F)F)cc(C(F)(F)F)c1. The van der Waals surface area contributed by atoms with Gasteiger partial charge in [-0.1, -0.05) is 13.8 Å². The van der Waals surface area contributed by atoms with Crippen LogP contribution in [0.5, 0.6) is 5.75 Å². The molecule has 1 aromatic carbocycles. The number of alkyl halides is 6. The molecule has 1 amide bonds. The first-order chi connectivity index (χ1) is 10.9. The highest BCUT2D eigenvalue weighted by Crippen LogP contribution is 2.38. The van der Waals surface area contributed by atoms with Crippen molar-refractivity contribution in [2.24, 2.45) is 5.92 Å². The van der Waals surface area contributed by atoms with Crippen LogP contribution in [0.2, 0.25) is 0 Å². The van der Waals surface area contributed by atoms with E-state index in [9.17, 15) is 31.1 Å². The smallest absolute Gasteiger partial charge is 0.416 e. The second kappa shape index (κ2) is 7.76. The molecule has 0 unspecified atom stereocenters. The molecule has 1 rings (SSSR count). The number of hydrogen-bond donors (Lipinski definition) is 1. The van der Waals surface area contributed by atoms with Gasteiger partial charge in [-0.15, -0.1) is 0 Å². The standard InChI is InChI=1S/C15H17F6NO2/c1-9(2)3-4-22-13(23)8-24-12-6-10(14(16,17)18)5-11(7-12)15(19,20)21/h5-7,9H,3-4,8H2,1-2H3,(H,22,23). The van der Waals surface area contributed by atoms with Crippen LogP contribution in [0.3, 0.4) is 0 Å². The molecule has 0 atom stereocenters. The average Bonchev–Trinajstić information content (AvgIpc) is 2.42. The molecule has 0 aliphatic heterocycles. The Morgan fingerprint density at radius 1 is 1.04 bits per heavy atom. The lowest BCUT2D eigenvalue weighted by Crippen LogP contribution is -2.30. The lowest BCUT2D eigenvalue weighted by molar-refractivity contribution is -0.143. The third-order valence-electron chi connectivity index (χ3n) is 2.97. The Labute approximate surface area is 135 Å². The minimum Gasteiger partial charge on any atom is -0.484 e. The van der Waals surface area contributed by atoms with Crippen LogP contribution in [-0.2, 0) is 17.1 Å². The predicted molar refractivity (Wildman–Crippen MR) is 74.4 cm³/mol. The van der Waals surface area contributed by atoms with Gasteiger partial charge in [0.25, 0.3) is 5.91 Å². The summed E-state index contributed by atoms with van der Waals surface area (Å²) in [5.74, 6) is -0.957. The molecule has 0 heterocycles. The maximum absolute atomic E-state index is 12.7. The van der Waals surface area contributed by atoms with Gasteiger partial charge >= 0.3 is 12.4 Å². The van der Waals surface area contributed by atoms with E-state index in [2.05, 4.69) is 5.32 Å². The van der Waals surface area contributed by atoms with Crippen molar-refractivity contribution in [3.05, 3.63) is 29.3 Å². The molecule has 0 saturated heterocycles. The highest BCUT2D eigenvalue weighted by Gasteiger charge is 2.37. The molecule has 136 valence electrons. The topological polar surface area (TPSA) is 38.3 Å². The zero-order valence-corrected chi connectivity index (χ0v) is 13.0. The largest absolute Gasteiger partial charge is 0.484 e. The Morgan fingerprint density at radius 3 is 1.96 bits per heavy atom. The van der Waals surface area contributed by atoms with E-state index in [0.29, 0.717) is 31.0 Å². The zero-order chi connectivity index (χ0) is 18.5. The fraction of sp³-hybridized carbons (Fsp3) is 0.533. The maximum atomic E-state index is 12.7. The van der Waals surface area contributed by atoms with E-state index in [1.54, 1.807) is 0 Å². The summed E-state index contributed by atoms with van der Waals surface area (Å²) in [4.78, 5) is 11.5. The number of benzene rings is 1. The first kappa shape index (κ1) is 20.1. The Morgan fingerprint density at radius 2 is 1.54 bits per heavy atom. The van der Waals surface area contributed by atoms with Gasteiger partial charge in [0, 0.05) is 6.54 Å². The van der Waals surface area contributed by atoms with Crippen molar-refractivity contribution in [3.8, 4) is 5.75 Å². The van der Waals surface area contributed by atoms with Crippen LogP contribution in [0, 0.1) is 5.92 Å². The number of rotatable bonds is 6. The van der Waals surface area contributed by atoms with E-state index < -0.39 is 41.7 Å². The van der Waals surface area contributed by atoms with Crippen LogP contribution in [0.4, 0.5) is 26.3 Å². The van der Waals surface area contributed by atoms with Crippen LogP contribution in [-0.4, -0.2) is 19.1 Å². The molecule has 0 saturated carbocycles. The third kappa shape index (κ3) is 6.67. The monoisotopic (exact) mass is 357 g/mol. The number of carbonyl (C=O) groups excluding carboxylic acids is 1. The van der Waals surface area contributed by atoms with Crippen LogP contribution < -0.4 is 10.1 Å². The fourth-order valence-electron chi connectivity index (χ4n) is 1.71. The molecule has 9 heteroatoms. The van der Waals surface area contributed by atoms with Gasteiger partial charge in [-0.25, -0.2) is 0 Å². The Balaban J connectivity index is 2.82. The summed E-state index contributed by atoms with van der Waals surface area (Å²) >= 11 is 0. The Kier molecular flexibility index (Phi) is 6.50. The van der Waals surface area contributed by atoms with Gasteiger partial charge < -0.3 is 10.1 Å². The lowest BCUT2D eigenvalue weighted by Gasteiger charge is -2.15. The van der Waals surface area contributed by atoms with Gasteiger partial charge in [-0.05, 0) is 30.5 Å². The Hall–Kier alpha value is -1.93. The van der Waals surface area contributed by atoms with Crippen molar-refractivity contribution >= 4 is 5.91 Å². The van der Waals surface area contributed by atoms with Crippen molar-refractivity contribution in [2.75, 3.05) is 13.2 Å². The summed E-state index contributed by atoms with van der Waals surface area (Å²) in [6, 6.07) is 0.850. The van der Waals surface area contributed by atoms with Crippen molar-refractivity contribution < 1.29 is 35.9 Å². The maximum Gasteiger partial charge on any atom is 0.416 e. The van der Waals surface area contributed by atoms with Gasteiger partial charge in [0.2, 0.25) is 0 Å². The van der Waals surface area contributed by atoms with Crippen molar-refractivity contribution in [2.45, 2.75) is 32.6 Å². The van der Waals surface area contributed by atoms with Gasteiger partial charge in [0.15, 0.2) is 6.61 Å². The van der Waals surface area contributed by atoms with Crippen molar-refractivity contribution in [1.29, 1.82) is 0 Å². The molecule has 0 fully saturated rings. The second-order valence-electron chi connectivity index (χ2n) is 5.56. The summed E-state index contributed by atoms with van der Waals surface area (Å²) in [7, 11) is 0. The molecule has 0 aromatic heterocycles. The highest BCUT2D eigenvalue weighted by molar-refractivity contribution is 5.77. The Bertz CT molecular complexity index is 534. The highest BCUT2D eigenvalue weighted by atomic mass is 19.4. The van der Waals surface area contributed by atoms with E-state index in [1.165, 1.54) is 0 Å². The summed E-state index contributed by atoms with van der Waals surface area (Å²) in [6.07, 6.45) is -9.23. The molecule has 3 nitrogen and oxygen atoms in total. The quantitative estimate of drug-likeness (QED) is 0.773. The molecular formula is C15H17F6NO2. The summed E-state index contributed by atoms with van der Waals surface area (Å²) < 4.78 is 80.8.